The zero-order valence-electron chi connectivity index (χ0n) is 22.4. The van der Waals surface area contributed by atoms with E-state index in [9.17, 15) is 0 Å². The van der Waals surface area contributed by atoms with Crippen molar-refractivity contribution in [1.29, 1.82) is 0 Å². The second-order valence-electron chi connectivity index (χ2n) is 10.5. The summed E-state index contributed by atoms with van der Waals surface area (Å²) in [4.78, 5) is 2.45. The van der Waals surface area contributed by atoms with Crippen molar-refractivity contribution < 1.29 is 4.74 Å². The molecule has 6 aromatic rings. The standard InChI is InChI=1S/C39H27NO/c1-3-15-28(16-4-1)40-29-17-8-7-14-27(26-29)37-35(24-13-25-36(37)40)38-31-20-9-11-22-33(31)39(34-23-12-10-21-32(34)38)41-30-18-5-2-6-19-30/h1-26,29H. The molecule has 6 aromatic carbocycles. The maximum Gasteiger partial charge on any atom is 0.143 e. The molecular formula is C39H27NO. The molecular weight excluding hydrogens is 498 g/mol. The Bertz CT molecular complexity index is 1960. The summed E-state index contributed by atoms with van der Waals surface area (Å²) < 4.78 is 6.63. The van der Waals surface area contributed by atoms with Crippen LogP contribution in [0.2, 0.25) is 0 Å². The predicted octanol–water partition coefficient (Wildman–Crippen LogP) is 10.5. The summed E-state index contributed by atoms with van der Waals surface area (Å²) in [5.74, 6) is 1.72. The van der Waals surface area contributed by atoms with E-state index in [0.29, 0.717) is 0 Å². The van der Waals surface area contributed by atoms with Crippen molar-refractivity contribution in [3.63, 3.8) is 0 Å². The fraction of sp³-hybridized carbons (Fsp3) is 0.0256. The van der Waals surface area contributed by atoms with Gasteiger partial charge >= 0.3 is 0 Å². The second kappa shape index (κ2) is 9.69. The number of allylic oxidation sites excluding steroid dienone is 4. The molecule has 41 heavy (non-hydrogen) atoms. The highest BCUT2D eigenvalue weighted by atomic mass is 16.5. The lowest BCUT2D eigenvalue weighted by Crippen LogP contribution is -2.31. The van der Waals surface area contributed by atoms with E-state index in [2.05, 4.69) is 132 Å². The third-order valence-electron chi connectivity index (χ3n) is 8.08. The molecule has 8 rings (SSSR count). The fourth-order valence-electron chi connectivity index (χ4n) is 6.37. The van der Waals surface area contributed by atoms with Crippen LogP contribution in [0.4, 0.5) is 11.4 Å². The third-order valence-corrected chi connectivity index (χ3v) is 8.08. The van der Waals surface area contributed by atoms with E-state index in [0.717, 1.165) is 22.3 Å². The molecule has 1 aliphatic heterocycles. The van der Waals surface area contributed by atoms with Crippen LogP contribution in [0.1, 0.15) is 5.56 Å². The molecule has 0 radical (unpaired) electrons. The SMILES string of the molecule is C1=CC2=CC(C=C1)N(c1ccccc1)c1cccc(-c3c4ccccc4c(Oc4ccccc4)c4ccccc34)c12. The van der Waals surface area contributed by atoms with Gasteiger partial charge in [0, 0.05) is 22.0 Å². The van der Waals surface area contributed by atoms with Crippen LogP contribution in [-0.2, 0) is 0 Å². The quantitative estimate of drug-likeness (QED) is 0.212. The molecule has 1 heterocycles. The molecule has 0 saturated carbocycles. The highest BCUT2D eigenvalue weighted by molar-refractivity contribution is 6.19. The highest BCUT2D eigenvalue weighted by Crippen LogP contribution is 2.50. The number of para-hydroxylation sites is 2. The highest BCUT2D eigenvalue weighted by Gasteiger charge is 2.29. The van der Waals surface area contributed by atoms with E-state index in [1.807, 2.05) is 30.3 Å². The molecule has 2 aliphatic rings. The molecule has 1 atom stereocenters. The van der Waals surface area contributed by atoms with Gasteiger partial charge < -0.3 is 9.64 Å². The zero-order valence-corrected chi connectivity index (χ0v) is 22.4. The van der Waals surface area contributed by atoms with Crippen molar-refractivity contribution >= 4 is 38.5 Å². The van der Waals surface area contributed by atoms with Gasteiger partial charge in [0.05, 0.1) is 11.7 Å². The van der Waals surface area contributed by atoms with Gasteiger partial charge in [-0.25, -0.2) is 0 Å². The molecule has 0 fully saturated rings. The summed E-state index contributed by atoms with van der Waals surface area (Å²) in [5, 5.41) is 4.55. The molecule has 0 N–H and O–H groups in total. The summed E-state index contributed by atoms with van der Waals surface area (Å²) in [7, 11) is 0. The molecule has 0 spiro atoms. The number of hydrogen-bond acceptors (Lipinski definition) is 2. The van der Waals surface area contributed by atoms with Crippen molar-refractivity contribution in [2.75, 3.05) is 4.90 Å². The molecule has 1 aliphatic carbocycles. The van der Waals surface area contributed by atoms with Crippen molar-refractivity contribution in [3.05, 3.63) is 163 Å². The Morgan fingerprint density at radius 2 is 1.17 bits per heavy atom. The second-order valence-corrected chi connectivity index (χ2v) is 10.5. The Balaban J connectivity index is 1.44. The molecule has 0 saturated heterocycles. The minimum atomic E-state index is 0.139. The van der Waals surface area contributed by atoms with Crippen LogP contribution in [0.5, 0.6) is 11.5 Å². The Morgan fingerprint density at radius 1 is 0.537 bits per heavy atom. The van der Waals surface area contributed by atoms with E-state index in [-0.39, 0.29) is 6.04 Å². The van der Waals surface area contributed by atoms with E-state index in [1.54, 1.807) is 0 Å². The van der Waals surface area contributed by atoms with Crippen molar-refractivity contribution in [2.24, 2.45) is 0 Å². The van der Waals surface area contributed by atoms with Crippen molar-refractivity contribution in [1.82, 2.24) is 0 Å². The van der Waals surface area contributed by atoms with E-state index in [1.165, 1.54) is 44.4 Å². The van der Waals surface area contributed by atoms with Gasteiger partial charge in [-0.1, -0.05) is 121 Å². The molecule has 1 unspecified atom stereocenters. The van der Waals surface area contributed by atoms with Crippen LogP contribution >= 0.6 is 0 Å². The number of anilines is 2. The van der Waals surface area contributed by atoms with Gasteiger partial charge in [-0.15, -0.1) is 0 Å². The number of fused-ring (bicyclic) bond motifs is 5. The largest absolute Gasteiger partial charge is 0.456 e. The Hall–Kier alpha value is -5.34. The number of ether oxygens (including phenoxy) is 1. The first-order valence-corrected chi connectivity index (χ1v) is 14.1. The van der Waals surface area contributed by atoms with E-state index >= 15 is 0 Å². The van der Waals surface area contributed by atoms with Gasteiger partial charge in [-0.3, -0.25) is 0 Å². The summed E-state index contributed by atoms with van der Waals surface area (Å²) in [6.07, 6.45) is 11.2. The van der Waals surface area contributed by atoms with Gasteiger partial charge in [0.2, 0.25) is 0 Å². The predicted molar refractivity (Wildman–Crippen MR) is 172 cm³/mol. The normalized spacial score (nSPS) is 15.5. The third kappa shape index (κ3) is 3.88. The van der Waals surface area contributed by atoms with E-state index < -0.39 is 0 Å². The van der Waals surface area contributed by atoms with Gasteiger partial charge in [0.15, 0.2) is 0 Å². The molecule has 2 nitrogen and oxygen atoms in total. The molecule has 0 aromatic heterocycles. The van der Waals surface area contributed by atoms with Gasteiger partial charge in [0.25, 0.3) is 0 Å². The number of benzene rings is 6. The first kappa shape index (κ1) is 23.5. The maximum atomic E-state index is 6.63. The first-order chi connectivity index (χ1) is 20.4. The molecule has 2 bridgehead atoms. The Kier molecular flexibility index (Phi) is 5.56. The van der Waals surface area contributed by atoms with Gasteiger partial charge in [-0.05, 0) is 63.9 Å². The Labute approximate surface area is 239 Å². The summed E-state index contributed by atoms with van der Waals surface area (Å²) >= 11 is 0. The average molecular weight is 526 g/mol. The van der Waals surface area contributed by atoms with Crippen LogP contribution in [0.3, 0.4) is 0 Å². The lowest BCUT2D eigenvalue weighted by Gasteiger charge is -2.37. The lowest BCUT2D eigenvalue weighted by molar-refractivity contribution is 0.494. The molecule has 194 valence electrons. The monoisotopic (exact) mass is 525 g/mol. The van der Waals surface area contributed by atoms with Crippen LogP contribution in [0.25, 0.3) is 38.2 Å². The topological polar surface area (TPSA) is 12.5 Å². The zero-order chi connectivity index (χ0) is 27.2. The molecule has 2 heteroatoms. The smallest absolute Gasteiger partial charge is 0.143 e. The van der Waals surface area contributed by atoms with Crippen LogP contribution < -0.4 is 9.64 Å². The number of rotatable bonds is 4. The minimum Gasteiger partial charge on any atom is -0.456 e. The number of hydrogen-bond donors (Lipinski definition) is 0. The fourth-order valence-corrected chi connectivity index (χ4v) is 6.37. The first-order valence-electron chi connectivity index (χ1n) is 14.1. The van der Waals surface area contributed by atoms with Crippen LogP contribution in [0, 0.1) is 0 Å². The minimum absolute atomic E-state index is 0.139. The van der Waals surface area contributed by atoms with Crippen LogP contribution in [0.15, 0.2) is 158 Å². The summed E-state index contributed by atoms with van der Waals surface area (Å²) in [6, 6.07) is 44.9. The van der Waals surface area contributed by atoms with Gasteiger partial charge in [-0.2, -0.15) is 0 Å². The van der Waals surface area contributed by atoms with Crippen molar-refractivity contribution in [3.8, 4) is 22.6 Å². The number of nitrogens with zero attached hydrogens (tertiary/aromatic N) is 1. The molecule has 0 amide bonds. The van der Waals surface area contributed by atoms with E-state index in [4.69, 9.17) is 4.74 Å². The average Bonchev–Trinajstić information content (AvgIpc) is 3.24. The maximum absolute atomic E-state index is 6.63. The summed E-state index contributed by atoms with van der Waals surface area (Å²) in [5.41, 5.74) is 7.34. The Morgan fingerprint density at radius 3 is 1.88 bits per heavy atom. The summed E-state index contributed by atoms with van der Waals surface area (Å²) in [6.45, 7) is 0. The lowest BCUT2D eigenvalue weighted by atomic mass is 9.84. The van der Waals surface area contributed by atoms with Crippen molar-refractivity contribution in [2.45, 2.75) is 6.04 Å². The van der Waals surface area contributed by atoms with Gasteiger partial charge in [0.1, 0.15) is 11.5 Å². The van der Waals surface area contributed by atoms with Crippen LogP contribution in [-0.4, -0.2) is 6.04 Å².